The molecule has 0 radical (unpaired) electrons. The van der Waals surface area contributed by atoms with Crippen molar-refractivity contribution in [2.24, 2.45) is 0 Å². The first-order chi connectivity index (χ1) is 16.0. The zero-order valence-electron chi connectivity index (χ0n) is 18.1. The van der Waals surface area contributed by atoms with Crippen LogP contribution in [0.4, 0.5) is 10.5 Å². The monoisotopic (exact) mass is 511 g/mol. The molecule has 1 saturated heterocycles. The molecular formula is C25H22BrNO6. The van der Waals surface area contributed by atoms with Crippen molar-refractivity contribution in [1.29, 1.82) is 0 Å². The maximum atomic E-state index is 12.9. The second-order valence-corrected chi connectivity index (χ2v) is 8.21. The van der Waals surface area contributed by atoms with E-state index in [4.69, 9.17) is 18.9 Å². The number of esters is 1. The molecule has 1 amide bonds. The summed E-state index contributed by atoms with van der Waals surface area (Å²) < 4.78 is 22.6. The van der Waals surface area contributed by atoms with Gasteiger partial charge in [-0.25, -0.2) is 9.59 Å². The van der Waals surface area contributed by atoms with E-state index in [-0.39, 0.29) is 0 Å². The zero-order valence-corrected chi connectivity index (χ0v) is 19.7. The van der Waals surface area contributed by atoms with E-state index in [1.54, 1.807) is 31.4 Å². The van der Waals surface area contributed by atoms with Crippen LogP contribution in [0.1, 0.15) is 17.2 Å². The second kappa shape index (κ2) is 9.95. The fraction of sp³-hybridized carbons (Fsp3) is 0.200. The molecule has 3 aromatic carbocycles. The van der Waals surface area contributed by atoms with Gasteiger partial charge in [-0.3, -0.25) is 4.90 Å². The van der Waals surface area contributed by atoms with Crippen molar-refractivity contribution in [2.75, 3.05) is 19.1 Å². The molecule has 0 saturated carbocycles. The highest BCUT2D eigenvalue weighted by atomic mass is 79.9. The average molecular weight is 512 g/mol. The SMILES string of the molecule is COC(=O)[C@H]1OC(=O)N(c2ccc(OC)cc2)[C@@H]1c1ccc(Br)cc1OCc1ccccc1. The summed E-state index contributed by atoms with van der Waals surface area (Å²) in [5, 5.41) is 0. The minimum atomic E-state index is -1.16. The highest BCUT2D eigenvalue weighted by molar-refractivity contribution is 9.10. The second-order valence-electron chi connectivity index (χ2n) is 7.30. The third-order valence-corrected chi connectivity index (χ3v) is 5.80. The van der Waals surface area contributed by atoms with Crippen LogP contribution in [0.15, 0.2) is 77.3 Å². The highest BCUT2D eigenvalue weighted by Crippen LogP contribution is 2.42. The third kappa shape index (κ3) is 4.80. The normalized spacial score (nSPS) is 17.4. The standard InChI is InChI=1S/C25H22BrNO6/c1-30-19-11-9-18(10-12-19)27-22(23(24(28)31-2)33-25(27)29)20-13-8-17(26)14-21(20)32-15-16-6-4-3-5-7-16/h3-14,22-23H,15H2,1-2H3/t22-,23+/m1/s1. The first kappa shape index (κ1) is 22.7. The summed E-state index contributed by atoms with van der Waals surface area (Å²) in [5.74, 6) is 0.508. The molecule has 0 spiro atoms. The third-order valence-electron chi connectivity index (χ3n) is 5.30. The zero-order chi connectivity index (χ0) is 23.4. The number of ether oxygens (including phenoxy) is 4. The summed E-state index contributed by atoms with van der Waals surface area (Å²) in [4.78, 5) is 26.9. The molecule has 0 aliphatic carbocycles. The number of nitrogens with zero attached hydrogens (tertiary/aromatic N) is 1. The summed E-state index contributed by atoms with van der Waals surface area (Å²) in [6.07, 6.45) is -1.82. The number of rotatable bonds is 7. The lowest BCUT2D eigenvalue weighted by Crippen LogP contribution is -2.33. The van der Waals surface area contributed by atoms with E-state index < -0.39 is 24.2 Å². The van der Waals surface area contributed by atoms with Gasteiger partial charge in [0.15, 0.2) is 0 Å². The van der Waals surface area contributed by atoms with E-state index in [9.17, 15) is 9.59 Å². The molecule has 3 aromatic rings. The van der Waals surface area contributed by atoms with Crippen molar-refractivity contribution < 1.29 is 28.5 Å². The van der Waals surface area contributed by atoms with Crippen LogP contribution in [-0.2, 0) is 20.9 Å². The molecule has 33 heavy (non-hydrogen) atoms. The van der Waals surface area contributed by atoms with Gasteiger partial charge < -0.3 is 18.9 Å². The molecule has 0 bridgehead atoms. The Balaban J connectivity index is 1.76. The number of methoxy groups -OCH3 is 2. The van der Waals surface area contributed by atoms with Gasteiger partial charge >= 0.3 is 12.1 Å². The van der Waals surface area contributed by atoms with Gasteiger partial charge in [-0.2, -0.15) is 0 Å². The van der Waals surface area contributed by atoms with Crippen LogP contribution in [-0.4, -0.2) is 32.4 Å². The van der Waals surface area contributed by atoms with Crippen LogP contribution < -0.4 is 14.4 Å². The van der Waals surface area contributed by atoms with Gasteiger partial charge in [-0.15, -0.1) is 0 Å². The molecular weight excluding hydrogens is 490 g/mol. The summed E-state index contributed by atoms with van der Waals surface area (Å²) >= 11 is 3.48. The summed E-state index contributed by atoms with van der Waals surface area (Å²) in [5.41, 5.74) is 2.15. The van der Waals surface area contributed by atoms with Crippen LogP contribution in [0.25, 0.3) is 0 Å². The van der Waals surface area contributed by atoms with Crippen molar-refractivity contribution in [2.45, 2.75) is 18.8 Å². The van der Waals surface area contributed by atoms with E-state index in [0.29, 0.717) is 29.4 Å². The Morgan fingerprint density at radius 2 is 1.76 bits per heavy atom. The fourth-order valence-electron chi connectivity index (χ4n) is 3.70. The number of anilines is 1. The van der Waals surface area contributed by atoms with E-state index in [2.05, 4.69) is 15.9 Å². The first-order valence-corrected chi connectivity index (χ1v) is 11.0. The molecule has 170 valence electrons. The van der Waals surface area contributed by atoms with Gasteiger partial charge in [0.2, 0.25) is 6.10 Å². The molecule has 1 fully saturated rings. The Labute approximate surface area is 199 Å². The number of amides is 1. The molecule has 4 rings (SSSR count). The number of carbonyl (C=O) groups is 2. The van der Waals surface area contributed by atoms with Gasteiger partial charge in [-0.1, -0.05) is 52.3 Å². The largest absolute Gasteiger partial charge is 0.497 e. The topological polar surface area (TPSA) is 74.3 Å². The lowest BCUT2D eigenvalue weighted by molar-refractivity contribution is -0.149. The molecule has 7 nitrogen and oxygen atoms in total. The maximum absolute atomic E-state index is 12.9. The van der Waals surface area contributed by atoms with Crippen LogP contribution in [0.3, 0.4) is 0 Å². The predicted molar refractivity (Wildman–Crippen MR) is 125 cm³/mol. The number of hydrogen-bond acceptors (Lipinski definition) is 6. The Morgan fingerprint density at radius 1 is 1.03 bits per heavy atom. The van der Waals surface area contributed by atoms with Crippen molar-refractivity contribution in [3.63, 3.8) is 0 Å². The number of halogens is 1. The van der Waals surface area contributed by atoms with Gasteiger partial charge in [0, 0.05) is 15.7 Å². The molecule has 1 aliphatic heterocycles. The minimum Gasteiger partial charge on any atom is -0.497 e. The molecule has 1 heterocycles. The summed E-state index contributed by atoms with van der Waals surface area (Å²) in [6.45, 7) is 0.317. The van der Waals surface area contributed by atoms with Crippen LogP contribution in [0, 0.1) is 0 Å². The van der Waals surface area contributed by atoms with Crippen LogP contribution in [0.5, 0.6) is 11.5 Å². The predicted octanol–water partition coefficient (Wildman–Crippen LogP) is 5.28. The fourth-order valence-corrected chi connectivity index (χ4v) is 4.04. The van der Waals surface area contributed by atoms with Crippen molar-refractivity contribution in [1.82, 2.24) is 0 Å². The quantitative estimate of drug-likeness (QED) is 0.402. The average Bonchev–Trinajstić information content (AvgIpc) is 3.19. The van der Waals surface area contributed by atoms with Gasteiger partial charge in [0.1, 0.15) is 24.1 Å². The lowest BCUT2D eigenvalue weighted by Gasteiger charge is -2.26. The molecule has 8 heteroatoms. The van der Waals surface area contributed by atoms with E-state index in [1.807, 2.05) is 48.5 Å². The molecule has 0 aromatic heterocycles. The Morgan fingerprint density at radius 3 is 2.42 bits per heavy atom. The van der Waals surface area contributed by atoms with Crippen molar-refractivity contribution in [3.8, 4) is 11.5 Å². The number of hydrogen-bond donors (Lipinski definition) is 0. The summed E-state index contributed by atoms with van der Waals surface area (Å²) in [7, 11) is 2.82. The molecule has 0 unspecified atom stereocenters. The first-order valence-electron chi connectivity index (χ1n) is 10.2. The van der Waals surface area contributed by atoms with Crippen molar-refractivity contribution in [3.05, 3.63) is 88.4 Å². The van der Waals surface area contributed by atoms with E-state index in [1.165, 1.54) is 12.0 Å². The number of benzene rings is 3. The molecule has 0 N–H and O–H groups in total. The lowest BCUT2D eigenvalue weighted by atomic mass is 9.99. The van der Waals surface area contributed by atoms with Crippen LogP contribution in [0.2, 0.25) is 0 Å². The highest BCUT2D eigenvalue weighted by Gasteiger charge is 2.49. The van der Waals surface area contributed by atoms with Gasteiger partial charge in [0.25, 0.3) is 0 Å². The Hall–Kier alpha value is -3.52. The van der Waals surface area contributed by atoms with E-state index in [0.717, 1.165) is 10.0 Å². The molecule has 2 atom stereocenters. The van der Waals surface area contributed by atoms with Crippen molar-refractivity contribution >= 4 is 33.7 Å². The van der Waals surface area contributed by atoms with Gasteiger partial charge in [0.05, 0.1) is 14.2 Å². The number of cyclic esters (lactones) is 1. The Kier molecular flexibility index (Phi) is 6.84. The van der Waals surface area contributed by atoms with Gasteiger partial charge in [-0.05, 0) is 42.0 Å². The molecule has 1 aliphatic rings. The smallest absolute Gasteiger partial charge is 0.415 e. The maximum Gasteiger partial charge on any atom is 0.415 e. The van der Waals surface area contributed by atoms with Crippen LogP contribution >= 0.6 is 15.9 Å². The minimum absolute atomic E-state index is 0.317. The number of carbonyl (C=O) groups excluding carboxylic acids is 2. The Bertz CT molecular complexity index is 1140. The summed E-state index contributed by atoms with van der Waals surface area (Å²) in [6, 6.07) is 21.3. The van der Waals surface area contributed by atoms with E-state index >= 15 is 0 Å².